The van der Waals surface area contributed by atoms with Gasteiger partial charge in [0.05, 0.1) is 5.69 Å². The first kappa shape index (κ1) is 7.84. The summed E-state index contributed by atoms with van der Waals surface area (Å²) in [4.78, 5) is 13.4. The highest BCUT2D eigenvalue weighted by molar-refractivity contribution is 5.67. The lowest BCUT2D eigenvalue weighted by Gasteiger charge is -1.90. The molecule has 3 nitrogen and oxygen atoms in total. The van der Waals surface area contributed by atoms with Crippen molar-refractivity contribution >= 4 is 6.29 Å². The Morgan fingerprint density at radius 1 is 1.64 bits per heavy atom. The fraction of sp³-hybridized carbons (Fsp3) is 0.333. The number of aromatic nitrogens is 1. The standard InChI is InChI=1S/C6H5F2NO2/c1-3-5(6(7)8)11-4(2-10)9-3/h2,6H,1H3. The molecule has 0 aliphatic rings. The number of carbonyl (C=O) groups excluding carboxylic acids is 1. The molecule has 0 aliphatic heterocycles. The van der Waals surface area contributed by atoms with Gasteiger partial charge in [0.1, 0.15) is 0 Å². The van der Waals surface area contributed by atoms with E-state index in [9.17, 15) is 13.6 Å². The minimum Gasteiger partial charge on any atom is -0.433 e. The molecular formula is C6H5F2NO2. The molecule has 0 atom stereocenters. The van der Waals surface area contributed by atoms with Gasteiger partial charge in [0.2, 0.25) is 6.29 Å². The lowest BCUT2D eigenvalue weighted by molar-refractivity contribution is 0.105. The lowest BCUT2D eigenvalue weighted by Crippen LogP contribution is -1.82. The van der Waals surface area contributed by atoms with E-state index < -0.39 is 12.2 Å². The summed E-state index contributed by atoms with van der Waals surface area (Å²) in [5.74, 6) is -0.843. The molecule has 60 valence electrons. The molecule has 0 unspecified atom stereocenters. The van der Waals surface area contributed by atoms with E-state index in [2.05, 4.69) is 9.40 Å². The molecule has 0 saturated heterocycles. The van der Waals surface area contributed by atoms with Crippen LogP contribution in [0.5, 0.6) is 0 Å². The minimum absolute atomic E-state index is 0.0575. The van der Waals surface area contributed by atoms with Gasteiger partial charge in [-0.2, -0.15) is 0 Å². The second kappa shape index (κ2) is 2.77. The van der Waals surface area contributed by atoms with Crippen LogP contribution in [0.2, 0.25) is 0 Å². The van der Waals surface area contributed by atoms with E-state index in [0.29, 0.717) is 6.29 Å². The number of oxazole rings is 1. The predicted molar refractivity (Wildman–Crippen MR) is 31.6 cm³/mol. The summed E-state index contributed by atoms with van der Waals surface area (Å²) in [6.45, 7) is 1.36. The third kappa shape index (κ3) is 1.42. The molecule has 1 rings (SSSR count). The zero-order valence-corrected chi connectivity index (χ0v) is 5.67. The fourth-order valence-electron chi connectivity index (χ4n) is 0.683. The highest BCUT2D eigenvalue weighted by Crippen LogP contribution is 2.22. The van der Waals surface area contributed by atoms with Crippen LogP contribution in [0.4, 0.5) is 8.78 Å². The van der Waals surface area contributed by atoms with Gasteiger partial charge in [-0.3, -0.25) is 4.79 Å². The summed E-state index contributed by atoms with van der Waals surface area (Å²) < 4.78 is 28.3. The van der Waals surface area contributed by atoms with Crippen molar-refractivity contribution in [1.29, 1.82) is 0 Å². The van der Waals surface area contributed by atoms with Gasteiger partial charge < -0.3 is 4.42 Å². The molecule has 1 heterocycles. The second-order valence-corrected chi connectivity index (χ2v) is 1.92. The average Bonchev–Trinajstić information content (AvgIpc) is 2.30. The zero-order valence-electron chi connectivity index (χ0n) is 5.67. The monoisotopic (exact) mass is 161 g/mol. The van der Waals surface area contributed by atoms with Crippen LogP contribution in [0, 0.1) is 6.92 Å². The van der Waals surface area contributed by atoms with Crippen molar-refractivity contribution in [3.05, 3.63) is 17.3 Å². The molecule has 5 heteroatoms. The average molecular weight is 161 g/mol. The molecule has 0 radical (unpaired) electrons. The largest absolute Gasteiger partial charge is 0.433 e. The Bertz CT molecular complexity index is 270. The van der Waals surface area contributed by atoms with Gasteiger partial charge in [0, 0.05) is 0 Å². The number of alkyl halides is 2. The molecule has 0 spiro atoms. The van der Waals surface area contributed by atoms with Crippen LogP contribution in [0.1, 0.15) is 28.6 Å². The van der Waals surface area contributed by atoms with Gasteiger partial charge in [0.25, 0.3) is 12.3 Å². The Kier molecular flexibility index (Phi) is 1.98. The first-order chi connectivity index (χ1) is 5.15. The second-order valence-electron chi connectivity index (χ2n) is 1.92. The molecule has 0 amide bonds. The van der Waals surface area contributed by atoms with Crippen LogP contribution in [0.3, 0.4) is 0 Å². The number of carbonyl (C=O) groups is 1. The third-order valence-corrected chi connectivity index (χ3v) is 1.15. The van der Waals surface area contributed by atoms with Gasteiger partial charge >= 0.3 is 0 Å². The highest BCUT2D eigenvalue weighted by atomic mass is 19.3. The van der Waals surface area contributed by atoms with E-state index in [0.717, 1.165) is 0 Å². The van der Waals surface area contributed by atoms with Crippen LogP contribution < -0.4 is 0 Å². The first-order valence-corrected chi connectivity index (χ1v) is 2.85. The van der Waals surface area contributed by atoms with Crippen molar-refractivity contribution in [3.8, 4) is 0 Å². The third-order valence-electron chi connectivity index (χ3n) is 1.15. The number of rotatable bonds is 2. The van der Waals surface area contributed by atoms with Crippen molar-refractivity contribution in [3.63, 3.8) is 0 Å². The molecule has 0 aromatic carbocycles. The predicted octanol–water partition coefficient (Wildman–Crippen LogP) is 1.73. The minimum atomic E-state index is -2.71. The van der Waals surface area contributed by atoms with Gasteiger partial charge in [-0.15, -0.1) is 0 Å². The van der Waals surface area contributed by atoms with Gasteiger partial charge in [-0.25, -0.2) is 13.8 Å². The molecule has 0 fully saturated rings. The fourth-order valence-corrected chi connectivity index (χ4v) is 0.683. The van der Waals surface area contributed by atoms with Gasteiger partial charge in [-0.05, 0) is 6.92 Å². The summed E-state index contributed by atoms with van der Waals surface area (Å²) in [5.41, 5.74) is 0.0575. The Balaban J connectivity index is 3.06. The van der Waals surface area contributed by atoms with Crippen molar-refractivity contribution in [2.45, 2.75) is 13.3 Å². The molecule has 0 saturated carbocycles. The molecule has 0 bridgehead atoms. The number of aldehydes is 1. The van der Waals surface area contributed by atoms with Gasteiger partial charge in [-0.1, -0.05) is 0 Å². The molecule has 0 aliphatic carbocycles. The Morgan fingerprint density at radius 2 is 2.27 bits per heavy atom. The SMILES string of the molecule is Cc1nc(C=O)oc1C(F)F. The Labute approximate surface area is 61.0 Å². The van der Waals surface area contributed by atoms with E-state index in [1.54, 1.807) is 0 Å². The maximum Gasteiger partial charge on any atom is 0.297 e. The van der Waals surface area contributed by atoms with E-state index in [1.165, 1.54) is 6.92 Å². The summed E-state index contributed by atoms with van der Waals surface area (Å²) in [5, 5.41) is 0. The molecule has 1 aromatic rings. The number of aryl methyl sites for hydroxylation is 1. The number of hydrogen-bond acceptors (Lipinski definition) is 3. The van der Waals surface area contributed by atoms with Crippen LogP contribution in [-0.2, 0) is 0 Å². The number of nitrogens with zero attached hydrogens (tertiary/aromatic N) is 1. The van der Waals surface area contributed by atoms with Crippen LogP contribution in [0.25, 0.3) is 0 Å². The van der Waals surface area contributed by atoms with E-state index in [-0.39, 0.29) is 11.6 Å². The quantitative estimate of drug-likeness (QED) is 0.620. The summed E-state index contributed by atoms with van der Waals surface area (Å²) in [6, 6.07) is 0. The van der Waals surface area contributed by atoms with E-state index in [1.807, 2.05) is 0 Å². The normalized spacial score (nSPS) is 10.5. The summed E-state index contributed by atoms with van der Waals surface area (Å²) in [6.07, 6.45) is -2.42. The van der Waals surface area contributed by atoms with Crippen molar-refractivity contribution < 1.29 is 18.0 Å². The Morgan fingerprint density at radius 3 is 2.55 bits per heavy atom. The maximum atomic E-state index is 11.9. The summed E-state index contributed by atoms with van der Waals surface area (Å²) in [7, 11) is 0. The smallest absolute Gasteiger partial charge is 0.297 e. The molecule has 1 aromatic heterocycles. The van der Waals surface area contributed by atoms with Crippen LogP contribution in [0.15, 0.2) is 4.42 Å². The van der Waals surface area contributed by atoms with E-state index >= 15 is 0 Å². The first-order valence-electron chi connectivity index (χ1n) is 2.85. The molecule has 0 N–H and O–H groups in total. The molecule has 11 heavy (non-hydrogen) atoms. The van der Waals surface area contributed by atoms with Crippen molar-refractivity contribution in [2.24, 2.45) is 0 Å². The molecular weight excluding hydrogens is 156 g/mol. The van der Waals surface area contributed by atoms with Crippen LogP contribution in [-0.4, -0.2) is 11.3 Å². The maximum absolute atomic E-state index is 11.9. The van der Waals surface area contributed by atoms with E-state index in [4.69, 9.17) is 0 Å². The van der Waals surface area contributed by atoms with Crippen LogP contribution >= 0.6 is 0 Å². The number of halogens is 2. The zero-order chi connectivity index (χ0) is 8.43. The lowest BCUT2D eigenvalue weighted by atomic mass is 10.4. The van der Waals surface area contributed by atoms with Crippen molar-refractivity contribution in [2.75, 3.05) is 0 Å². The van der Waals surface area contributed by atoms with Crippen molar-refractivity contribution in [1.82, 2.24) is 4.98 Å². The highest BCUT2D eigenvalue weighted by Gasteiger charge is 2.17. The topological polar surface area (TPSA) is 43.1 Å². The van der Waals surface area contributed by atoms with Gasteiger partial charge in [0.15, 0.2) is 5.76 Å². The summed E-state index contributed by atoms with van der Waals surface area (Å²) >= 11 is 0. The Hall–Kier alpha value is -1.26. The number of hydrogen-bond donors (Lipinski definition) is 0.